The number of thioether (sulfide) groups is 1. The molecule has 1 aromatic rings. The van der Waals surface area contributed by atoms with Gasteiger partial charge in [-0.05, 0) is 54.7 Å². The molecule has 5 heteroatoms. The predicted octanol–water partition coefficient (Wildman–Crippen LogP) is 2.58. The number of hydrogen-bond donors (Lipinski definition) is 2. The first-order chi connectivity index (χ1) is 9.54. The van der Waals surface area contributed by atoms with Gasteiger partial charge in [0.1, 0.15) is 0 Å². The third-order valence-corrected chi connectivity index (χ3v) is 3.45. The molecule has 1 amide bonds. The van der Waals surface area contributed by atoms with E-state index in [0.29, 0.717) is 12.1 Å². The van der Waals surface area contributed by atoms with Crippen molar-refractivity contribution in [3.8, 4) is 0 Å². The van der Waals surface area contributed by atoms with Crippen molar-refractivity contribution in [2.75, 3.05) is 18.6 Å². The number of carbonyl (C=O) groups excluding carboxylic acids is 1. The number of amides is 1. The van der Waals surface area contributed by atoms with Gasteiger partial charge in [0, 0.05) is 18.2 Å². The molecule has 0 spiro atoms. The average molecular weight is 293 g/mol. The van der Waals surface area contributed by atoms with Gasteiger partial charge in [-0.1, -0.05) is 6.07 Å². The van der Waals surface area contributed by atoms with Crippen LogP contribution in [0.3, 0.4) is 0 Å². The van der Waals surface area contributed by atoms with E-state index in [4.69, 9.17) is 5.11 Å². The Kier molecular flexibility index (Phi) is 6.87. The number of rotatable bonds is 7. The second-order valence-electron chi connectivity index (χ2n) is 4.35. The molecule has 0 aromatic heterocycles. The quantitative estimate of drug-likeness (QED) is 0.599. The minimum Gasteiger partial charge on any atom is -0.478 e. The molecule has 1 rings (SSSR count). The molecule has 1 aromatic carbocycles. The number of carbonyl (C=O) groups is 2. The maximum Gasteiger partial charge on any atom is 0.328 e. The molecule has 0 unspecified atom stereocenters. The maximum atomic E-state index is 12.0. The highest BCUT2D eigenvalue weighted by Gasteiger charge is 2.06. The van der Waals surface area contributed by atoms with E-state index in [-0.39, 0.29) is 5.91 Å². The summed E-state index contributed by atoms with van der Waals surface area (Å²) in [6.07, 6.45) is 5.54. The van der Waals surface area contributed by atoms with Crippen molar-refractivity contribution >= 4 is 29.7 Å². The lowest BCUT2D eigenvalue weighted by Gasteiger charge is -2.07. The second kappa shape index (κ2) is 8.43. The van der Waals surface area contributed by atoms with E-state index in [1.807, 2.05) is 19.2 Å². The third kappa shape index (κ3) is 5.48. The van der Waals surface area contributed by atoms with Gasteiger partial charge in [-0.2, -0.15) is 11.8 Å². The molecular formula is C15H19NO3S. The number of nitrogens with one attached hydrogen (secondary N) is 1. The predicted molar refractivity (Wildman–Crippen MR) is 83.2 cm³/mol. The van der Waals surface area contributed by atoms with Crippen molar-refractivity contribution in [3.05, 3.63) is 41.0 Å². The van der Waals surface area contributed by atoms with E-state index >= 15 is 0 Å². The maximum absolute atomic E-state index is 12.0. The van der Waals surface area contributed by atoms with Crippen LogP contribution in [-0.4, -0.2) is 35.5 Å². The van der Waals surface area contributed by atoms with Gasteiger partial charge in [-0.25, -0.2) is 4.79 Å². The van der Waals surface area contributed by atoms with Crippen molar-refractivity contribution in [3.63, 3.8) is 0 Å². The summed E-state index contributed by atoms with van der Waals surface area (Å²) in [5.74, 6) is -0.117. The molecule has 0 aliphatic rings. The van der Waals surface area contributed by atoms with E-state index in [9.17, 15) is 9.59 Å². The van der Waals surface area contributed by atoms with Crippen LogP contribution in [0.5, 0.6) is 0 Å². The van der Waals surface area contributed by atoms with Gasteiger partial charge in [0.15, 0.2) is 0 Å². The Labute approximate surface area is 123 Å². The molecule has 4 nitrogen and oxygen atoms in total. The van der Waals surface area contributed by atoms with Gasteiger partial charge in [0.25, 0.3) is 5.91 Å². The fraction of sp³-hybridized carbons (Fsp3) is 0.333. The molecule has 2 N–H and O–H groups in total. The summed E-state index contributed by atoms with van der Waals surface area (Å²) in [5.41, 5.74) is 2.22. The van der Waals surface area contributed by atoms with Crippen LogP contribution in [0.25, 0.3) is 6.08 Å². The Bertz CT molecular complexity index is 512. The minimum absolute atomic E-state index is 0.129. The largest absolute Gasteiger partial charge is 0.478 e. The first kappa shape index (κ1) is 16.3. The van der Waals surface area contributed by atoms with Crippen LogP contribution in [0.15, 0.2) is 24.3 Å². The van der Waals surface area contributed by atoms with Crippen molar-refractivity contribution in [1.29, 1.82) is 0 Å². The summed E-state index contributed by atoms with van der Waals surface area (Å²) < 4.78 is 0. The van der Waals surface area contributed by atoms with Crippen LogP contribution in [0.4, 0.5) is 0 Å². The SMILES string of the molecule is CSCCCNC(=O)c1ccc(C)c(/C=C/C(=O)O)c1. The molecule has 0 heterocycles. The lowest BCUT2D eigenvalue weighted by atomic mass is 10.0. The van der Waals surface area contributed by atoms with Crippen LogP contribution >= 0.6 is 11.8 Å². The summed E-state index contributed by atoms with van der Waals surface area (Å²) >= 11 is 1.75. The first-order valence-electron chi connectivity index (χ1n) is 6.33. The summed E-state index contributed by atoms with van der Waals surface area (Å²) in [6.45, 7) is 2.52. The number of aryl methyl sites for hydroxylation is 1. The molecule has 108 valence electrons. The molecular weight excluding hydrogens is 274 g/mol. The van der Waals surface area contributed by atoms with Crippen LogP contribution < -0.4 is 5.32 Å². The van der Waals surface area contributed by atoms with Crippen molar-refractivity contribution in [1.82, 2.24) is 5.32 Å². The van der Waals surface area contributed by atoms with Crippen molar-refractivity contribution in [2.24, 2.45) is 0 Å². The summed E-state index contributed by atoms with van der Waals surface area (Å²) in [5, 5.41) is 11.5. The molecule has 0 atom stereocenters. The van der Waals surface area contributed by atoms with Crippen LogP contribution in [0, 0.1) is 6.92 Å². The van der Waals surface area contributed by atoms with Gasteiger partial charge in [0.05, 0.1) is 0 Å². The van der Waals surface area contributed by atoms with E-state index in [1.54, 1.807) is 23.9 Å². The Morgan fingerprint density at radius 1 is 1.40 bits per heavy atom. The minimum atomic E-state index is -1.00. The van der Waals surface area contributed by atoms with E-state index in [0.717, 1.165) is 29.4 Å². The van der Waals surface area contributed by atoms with Crippen molar-refractivity contribution < 1.29 is 14.7 Å². The van der Waals surface area contributed by atoms with Crippen LogP contribution in [-0.2, 0) is 4.79 Å². The Hall–Kier alpha value is -1.75. The molecule has 0 fully saturated rings. The van der Waals surface area contributed by atoms with Gasteiger partial charge >= 0.3 is 5.97 Å². The highest BCUT2D eigenvalue weighted by Crippen LogP contribution is 2.13. The summed E-state index contributed by atoms with van der Waals surface area (Å²) in [4.78, 5) is 22.5. The normalized spacial score (nSPS) is 10.7. The molecule has 0 saturated carbocycles. The van der Waals surface area contributed by atoms with E-state index < -0.39 is 5.97 Å². The van der Waals surface area contributed by atoms with Crippen LogP contribution in [0.2, 0.25) is 0 Å². The number of benzene rings is 1. The second-order valence-corrected chi connectivity index (χ2v) is 5.33. The number of hydrogen-bond acceptors (Lipinski definition) is 3. The Balaban J connectivity index is 2.73. The highest BCUT2D eigenvalue weighted by molar-refractivity contribution is 7.98. The summed E-state index contributed by atoms with van der Waals surface area (Å²) in [7, 11) is 0. The number of carboxylic acid groups (broad SMARTS) is 1. The average Bonchev–Trinajstić information content (AvgIpc) is 2.42. The number of carboxylic acids is 1. The molecule has 0 radical (unpaired) electrons. The van der Waals surface area contributed by atoms with E-state index in [1.165, 1.54) is 6.08 Å². The smallest absolute Gasteiger partial charge is 0.328 e. The molecule has 0 aliphatic carbocycles. The monoisotopic (exact) mass is 293 g/mol. The third-order valence-electron chi connectivity index (χ3n) is 2.76. The molecule has 0 bridgehead atoms. The molecule has 0 aliphatic heterocycles. The van der Waals surface area contributed by atoms with E-state index in [2.05, 4.69) is 5.32 Å². The zero-order valence-electron chi connectivity index (χ0n) is 11.7. The fourth-order valence-electron chi connectivity index (χ4n) is 1.64. The lowest BCUT2D eigenvalue weighted by Crippen LogP contribution is -2.24. The Morgan fingerprint density at radius 2 is 2.15 bits per heavy atom. The summed E-state index contributed by atoms with van der Waals surface area (Å²) in [6, 6.07) is 5.27. The van der Waals surface area contributed by atoms with Gasteiger partial charge < -0.3 is 10.4 Å². The Morgan fingerprint density at radius 3 is 2.80 bits per heavy atom. The van der Waals surface area contributed by atoms with Crippen LogP contribution in [0.1, 0.15) is 27.9 Å². The standard InChI is InChI=1S/C15H19NO3S/c1-11-4-5-13(10-12(11)6-7-14(17)18)15(19)16-8-3-9-20-2/h4-7,10H,3,8-9H2,1-2H3,(H,16,19)(H,17,18)/b7-6+. The molecule has 0 saturated heterocycles. The van der Waals surface area contributed by atoms with Gasteiger partial charge in [-0.3, -0.25) is 4.79 Å². The van der Waals surface area contributed by atoms with Crippen molar-refractivity contribution in [2.45, 2.75) is 13.3 Å². The lowest BCUT2D eigenvalue weighted by molar-refractivity contribution is -0.131. The number of aliphatic carboxylic acids is 1. The van der Waals surface area contributed by atoms with Gasteiger partial charge in [0.2, 0.25) is 0 Å². The topological polar surface area (TPSA) is 66.4 Å². The zero-order valence-corrected chi connectivity index (χ0v) is 12.5. The molecule has 20 heavy (non-hydrogen) atoms. The zero-order chi connectivity index (χ0) is 15.0. The van der Waals surface area contributed by atoms with Gasteiger partial charge in [-0.15, -0.1) is 0 Å². The first-order valence-corrected chi connectivity index (χ1v) is 7.72. The highest BCUT2D eigenvalue weighted by atomic mass is 32.2. The fourth-order valence-corrected chi connectivity index (χ4v) is 2.08.